The molecule has 2 aromatic heterocycles. The summed E-state index contributed by atoms with van der Waals surface area (Å²) >= 11 is 0. The van der Waals surface area contributed by atoms with Crippen molar-refractivity contribution in [3.05, 3.63) is 47.7 Å². The van der Waals surface area contributed by atoms with E-state index in [4.69, 9.17) is 4.74 Å². The number of likely N-dealkylation sites (tertiary alicyclic amines) is 1. The zero-order valence-electron chi connectivity index (χ0n) is 15.8. The smallest absolute Gasteiger partial charge is 0.256 e. The van der Waals surface area contributed by atoms with Crippen molar-refractivity contribution in [1.29, 1.82) is 0 Å². The third-order valence-electron chi connectivity index (χ3n) is 5.26. The van der Waals surface area contributed by atoms with Gasteiger partial charge in [0.25, 0.3) is 5.91 Å². The molecule has 0 N–H and O–H groups in total. The monoisotopic (exact) mass is 365 g/mol. The van der Waals surface area contributed by atoms with E-state index < -0.39 is 0 Å². The second kappa shape index (κ2) is 6.98. The highest BCUT2D eigenvalue weighted by atomic mass is 16.5. The van der Waals surface area contributed by atoms with E-state index in [1.165, 1.54) is 0 Å². The number of hydrogen-bond donors (Lipinski definition) is 0. The Bertz CT molecular complexity index is 983. The number of benzene rings is 1. The molecule has 2 unspecified atom stereocenters. The van der Waals surface area contributed by atoms with E-state index in [2.05, 4.69) is 22.2 Å². The number of hydrogen-bond acceptors (Lipinski definition) is 5. The lowest BCUT2D eigenvalue weighted by atomic mass is 9.89. The molecule has 1 aliphatic heterocycles. The molecule has 0 aliphatic carbocycles. The van der Waals surface area contributed by atoms with Crippen LogP contribution < -0.4 is 4.74 Å². The minimum absolute atomic E-state index is 0.0117. The number of amides is 1. The first-order valence-electron chi connectivity index (χ1n) is 9.17. The van der Waals surface area contributed by atoms with Crippen molar-refractivity contribution in [2.24, 2.45) is 13.0 Å². The van der Waals surface area contributed by atoms with Crippen LogP contribution >= 0.6 is 0 Å². The fourth-order valence-electron chi connectivity index (χ4n) is 3.85. The first-order valence-corrected chi connectivity index (χ1v) is 9.17. The van der Waals surface area contributed by atoms with Crippen molar-refractivity contribution in [3.8, 4) is 5.75 Å². The Morgan fingerprint density at radius 1 is 1.26 bits per heavy atom. The van der Waals surface area contributed by atoms with Gasteiger partial charge in [-0.3, -0.25) is 4.79 Å². The van der Waals surface area contributed by atoms with Gasteiger partial charge < -0.3 is 9.64 Å². The molecule has 0 bridgehead atoms. The van der Waals surface area contributed by atoms with Crippen LogP contribution in [0.1, 0.15) is 41.7 Å². The van der Waals surface area contributed by atoms with E-state index in [1.807, 2.05) is 29.2 Å². The van der Waals surface area contributed by atoms with Crippen LogP contribution in [0.25, 0.3) is 11.2 Å². The Morgan fingerprint density at radius 2 is 2.07 bits per heavy atom. The third kappa shape index (κ3) is 3.13. The number of pyridine rings is 1. The van der Waals surface area contributed by atoms with Crippen LogP contribution in [-0.4, -0.2) is 44.4 Å². The summed E-state index contributed by atoms with van der Waals surface area (Å²) in [6.45, 7) is 2.89. The number of carbonyl (C=O) groups is 1. The van der Waals surface area contributed by atoms with Gasteiger partial charge in [-0.1, -0.05) is 30.3 Å². The van der Waals surface area contributed by atoms with Gasteiger partial charge >= 0.3 is 0 Å². The largest absolute Gasteiger partial charge is 0.496 e. The number of nitrogens with zero attached hydrogens (tertiary/aromatic N) is 5. The predicted octanol–water partition coefficient (Wildman–Crippen LogP) is 2.99. The molecule has 1 amide bonds. The van der Waals surface area contributed by atoms with E-state index >= 15 is 0 Å². The molecule has 2 atom stereocenters. The SMILES string of the molecule is COc1ccccc1C1CCC(C)CN1C(=O)c1cnc2c(c1)nnn2C. The molecular formula is C20H23N5O2. The summed E-state index contributed by atoms with van der Waals surface area (Å²) in [6.07, 6.45) is 3.61. The summed E-state index contributed by atoms with van der Waals surface area (Å²) in [5, 5.41) is 8.05. The number of carbonyl (C=O) groups excluding carboxylic acids is 1. The van der Waals surface area contributed by atoms with Gasteiger partial charge in [0.15, 0.2) is 5.65 Å². The number of para-hydroxylation sites is 1. The van der Waals surface area contributed by atoms with E-state index in [0.717, 1.165) is 24.2 Å². The average Bonchev–Trinajstić information content (AvgIpc) is 3.07. The molecule has 27 heavy (non-hydrogen) atoms. The lowest BCUT2D eigenvalue weighted by Crippen LogP contribution is -2.41. The van der Waals surface area contributed by atoms with Crippen LogP contribution in [0.5, 0.6) is 5.75 Å². The molecule has 1 saturated heterocycles. The van der Waals surface area contributed by atoms with Gasteiger partial charge in [-0.25, -0.2) is 9.67 Å². The highest BCUT2D eigenvalue weighted by Gasteiger charge is 2.33. The van der Waals surface area contributed by atoms with Gasteiger partial charge in [0.2, 0.25) is 0 Å². The number of piperidine rings is 1. The summed E-state index contributed by atoms with van der Waals surface area (Å²) < 4.78 is 7.15. The molecule has 3 aromatic rings. The molecular weight excluding hydrogens is 342 g/mol. The molecule has 0 saturated carbocycles. The van der Waals surface area contributed by atoms with Crippen molar-refractivity contribution in [3.63, 3.8) is 0 Å². The number of methoxy groups -OCH3 is 1. The van der Waals surface area contributed by atoms with Crippen molar-refractivity contribution in [1.82, 2.24) is 24.9 Å². The van der Waals surface area contributed by atoms with Gasteiger partial charge in [-0.2, -0.15) is 0 Å². The van der Waals surface area contributed by atoms with Crippen molar-refractivity contribution < 1.29 is 9.53 Å². The maximum absolute atomic E-state index is 13.4. The topological polar surface area (TPSA) is 73.1 Å². The molecule has 1 aromatic carbocycles. The lowest BCUT2D eigenvalue weighted by Gasteiger charge is -2.39. The fraction of sp³-hybridized carbons (Fsp3) is 0.400. The van der Waals surface area contributed by atoms with Crippen LogP contribution in [0.3, 0.4) is 0 Å². The summed E-state index contributed by atoms with van der Waals surface area (Å²) in [5.41, 5.74) is 2.88. The van der Waals surface area contributed by atoms with Crippen LogP contribution in [0.2, 0.25) is 0 Å². The van der Waals surface area contributed by atoms with Crippen LogP contribution in [-0.2, 0) is 7.05 Å². The van der Waals surface area contributed by atoms with Gasteiger partial charge in [0.05, 0.1) is 18.7 Å². The second-order valence-electron chi connectivity index (χ2n) is 7.18. The van der Waals surface area contributed by atoms with Gasteiger partial charge in [-0.05, 0) is 30.9 Å². The lowest BCUT2D eigenvalue weighted by molar-refractivity contribution is 0.0540. The van der Waals surface area contributed by atoms with Gasteiger partial charge in [-0.15, -0.1) is 5.10 Å². The molecule has 4 rings (SSSR count). The molecule has 140 valence electrons. The van der Waals surface area contributed by atoms with Crippen LogP contribution in [0, 0.1) is 5.92 Å². The predicted molar refractivity (Wildman–Crippen MR) is 101 cm³/mol. The van der Waals surface area contributed by atoms with E-state index in [-0.39, 0.29) is 11.9 Å². The Morgan fingerprint density at radius 3 is 2.89 bits per heavy atom. The number of aryl methyl sites for hydroxylation is 1. The summed E-state index contributed by atoms with van der Waals surface area (Å²) in [6, 6.07) is 9.70. The first kappa shape index (κ1) is 17.5. The molecule has 1 aliphatic rings. The number of rotatable bonds is 3. The molecule has 1 fully saturated rings. The molecule has 0 spiro atoms. The highest BCUT2D eigenvalue weighted by Crippen LogP contribution is 2.38. The maximum Gasteiger partial charge on any atom is 0.256 e. The average molecular weight is 365 g/mol. The van der Waals surface area contributed by atoms with E-state index in [9.17, 15) is 4.79 Å². The minimum atomic E-state index is -0.0301. The molecule has 7 nitrogen and oxygen atoms in total. The minimum Gasteiger partial charge on any atom is -0.496 e. The zero-order chi connectivity index (χ0) is 19.0. The molecule has 7 heteroatoms. The van der Waals surface area contributed by atoms with Crippen molar-refractivity contribution in [2.45, 2.75) is 25.8 Å². The summed E-state index contributed by atoms with van der Waals surface area (Å²) in [4.78, 5) is 19.7. The van der Waals surface area contributed by atoms with Gasteiger partial charge in [0, 0.05) is 25.4 Å². The number of ether oxygens (including phenoxy) is 1. The number of aromatic nitrogens is 4. The molecule has 3 heterocycles. The highest BCUT2D eigenvalue weighted by molar-refractivity contribution is 5.96. The Kier molecular flexibility index (Phi) is 4.51. The maximum atomic E-state index is 13.4. The third-order valence-corrected chi connectivity index (χ3v) is 5.26. The Balaban J connectivity index is 1.71. The summed E-state index contributed by atoms with van der Waals surface area (Å²) in [5.74, 6) is 1.24. The van der Waals surface area contributed by atoms with Crippen LogP contribution in [0.4, 0.5) is 0 Å². The van der Waals surface area contributed by atoms with Crippen molar-refractivity contribution in [2.75, 3.05) is 13.7 Å². The van der Waals surface area contributed by atoms with Gasteiger partial charge in [0.1, 0.15) is 11.3 Å². The Hall–Kier alpha value is -2.96. The standard InChI is InChI=1S/C20H23N5O2/c1-13-8-9-17(15-6-4-5-7-18(15)27-3)25(12-13)20(26)14-10-16-19(21-11-14)24(2)23-22-16/h4-7,10-11,13,17H,8-9,12H2,1-3H3. The van der Waals surface area contributed by atoms with E-state index in [1.54, 1.807) is 31.1 Å². The zero-order valence-corrected chi connectivity index (χ0v) is 15.8. The first-order chi connectivity index (χ1) is 13.1. The molecule has 0 radical (unpaired) electrons. The van der Waals surface area contributed by atoms with Crippen LogP contribution in [0.15, 0.2) is 36.5 Å². The quantitative estimate of drug-likeness (QED) is 0.713. The number of fused-ring (bicyclic) bond motifs is 1. The second-order valence-corrected chi connectivity index (χ2v) is 7.18. The van der Waals surface area contributed by atoms with E-state index in [0.29, 0.717) is 29.2 Å². The Labute approximate surface area is 157 Å². The van der Waals surface area contributed by atoms with Crippen molar-refractivity contribution >= 4 is 17.1 Å². The normalized spacial score (nSPS) is 20.0. The summed E-state index contributed by atoms with van der Waals surface area (Å²) in [7, 11) is 3.45. The fourth-order valence-corrected chi connectivity index (χ4v) is 3.85.